The van der Waals surface area contributed by atoms with E-state index in [2.05, 4.69) is 11.3 Å². The summed E-state index contributed by atoms with van der Waals surface area (Å²) in [6.45, 7) is 4.03. The minimum Gasteiger partial charge on any atom is -0.458 e. The van der Waals surface area contributed by atoms with Gasteiger partial charge in [0.05, 0.1) is 51.3 Å². The summed E-state index contributed by atoms with van der Waals surface area (Å²) in [7, 11) is 0. The van der Waals surface area contributed by atoms with Crippen LogP contribution in [0.15, 0.2) is 188 Å². The molecule has 0 N–H and O–H groups in total. The summed E-state index contributed by atoms with van der Waals surface area (Å²) < 4.78 is 126. The SMILES string of the molecule is [2H]c1nc(-n2c3ccccc3c3ccc(Oc4cccc(-n5[c-][n+](-c6c(-c7c([2H])c([2H])c([2H])c([2H])c7[2H])cccc6-c6c([2H])c([2H])c([2H])c([2H])c6[2H])c6ccccc65)c4)cc32)c([2H])c(C(CC)CC)c1[2H]. The van der Waals surface area contributed by atoms with Crippen molar-refractivity contribution in [1.29, 1.82) is 0 Å². The molecule has 0 radical (unpaired) electrons. The molecule has 0 fully saturated rings. The molecule has 0 amide bonds. The average molecular weight is 764 g/mol. The first-order valence-corrected chi connectivity index (χ1v) is 19.1. The van der Waals surface area contributed by atoms with E-state index < -0.39 is 60.4 Å². The minimum atomic E-state index is -0.584. The Morgan fingerprint density at radius 1 is 0.655 bits per heavy atom. The highest BCUT2D eigenvalue weighted by Crippen LogP contribution is 2.37. The van der Waals surface area contributed by atoms with Crippen LogP contribution in [0.4, 0.5) is 0 Å². The van der Waals surface area contributed by atoms with E-state index in [4.69, 9.17) is 21.2 Å². The summed E-state index contributed by atoms with van der Waals surface area (Å²) in [5.41, 5.74) is 3.79. The first-order chi connectivity index (χ1) is 34.1. The maximum atomic E-state index is 9.40. The standard InChI is InChI=1S/C53H42N4O/c1-3-37(4-2)40-31-32-54-52(33-40)57-48-26-12-11-23-46(48)47-30-29-43(35-51(47)57)58-42-22-15-21-41(34-42)55-36-56(50-28-14-13-27-49(50)55)53-44(38-17-7-5-8-18-38)24-16-25-45(53)39-19-9-6-10-20-39/h5-35,37H,3-4H2,1-2H3/i5D,6D,7D,8D,9D,10D,17D,18D,19D,20D,31D,32D,33D. The number of fused-ring (bicyclic) bond motifs is 4. The molecule has 0 unspecified atom stereocenters. The topological polar surface area (TPSA) is 35.9 Å². The number of ether oxygens (including phenoxy) is 1. The zero-order valence-corrected chi connectivity index (χ0v) is 31.6. The van der Waals surface area contributed by atoms with Gasteiger partial charge in [-0.1, -0.05) is 141 Å². The van der Waals surface area contributed by atoms with E-state index in [1.54, 1.807) is 57.7 Å². The molecule has 0 bridgehead atoms. The highest BCUT2D eigenvalue weighted by atomic mass is 16.5. The fourth-order valence-electron chi connectivity index (χ4n) is 7.77. The molecule has 7 aromatic carbocycles. The van der Waals surface area contributed by atoms with Crippen LogP contribution < -0.4 is 9.30 Å². The van der Waals surface area contributed by atoms with Gasteiger partial charge in [-0.3, -0.25) is 13.7 Å². The van der Waals surface area contributed by atoms with Crippen LogP contribution in [0.25, 0.3) is 72.3 Å². The summed E-state index contributed by atoms with van der Waals surface area (Å²) in [5.74, 6) is 1.06. The molecular weight excluding hydrogens is 709 g/mol. The van der Waals surface area contributed by atoms with Crippen LogP contribution >= 0.6 is 0 Å². The van der Waals surface area contributed by atoms with E-state index in [9.17, 15) is 1.37 Å². The second kappa shape index (κ2) is 15.0. The molecule has 0 atom stereocenters. The van der Waals surface area contributed by atoms with Crippen molar-refractivity contribution < 1.29 is 27.1 Å². The van der Waals surface area contributed by atoms with Crippen LogP contribution in [-0.4, -0.2) is 14.1 Å². The van der Waals surface area contributed by atoms with Gasteiger partial charge in [-0.25, -0.2) is 4.98 Å². The van der Waals surface area contributed by atoms with Gasteiger partial charge < -0.3 is 4.74 Å². The smallest absolute Gasteiger partial charge is 0.269 e. The second-order valence-corrected chi connectivity index (χ2v) is 13.8. The third-order valence-corrected chi connectivity index (χ3v) is 10.5. The molecule has 0 saturated heterocycles. The molecule has 280 valence electrons. The molecule has 0 spiro atoms. The van der Waals surface area contributed by atoms with E-state index in [1.807, 2.05) is 79.1 Å². The van der Waals surface area contributed by atoms with Crippen molar-refractivity contribution in [3.05, 3.63) is 200 Å². The van der Waals surface area contributed by atoms with Crippen LogP contribution in [0.1, 0.15) is 56.0 Å². The first kappa shape index (κ1) is 23.7. The molecule has 0 aliphatic heterocycles. The van der Waals surface area contributed by atoms with Gasteiger partial charge in [0.25, 0.3) is 6.33 Å². The normalized spacial score (nSPS) is 14.7. The number of benzene rings is 7. The van der Waals surface area contributed by atoms with Crippen molar-refractivity contribution in [2.75, 3.05) is 0 Å². The fraction of sp³-hybridized carbons (Fsp3) is 0.0943. The Bertz CT molecular complexity index is 3700. The molecule has 0 saturated carbocycles. The Kier molecular flexibility index (Phi) is 6.15. The van der Waals surface area contributed by atoms with Crippen molar-refractivity contribution in [1.82, 2.24) is 14.1 Å². The van der Waals surface area contributed by atoms with E-state index in [-0.39, 0.29) is 57.9 Å². The summed E-state index contributed by atoms with van der Waals surface area (Å²) in [6.07, 6.45) is 4.61. The van der Waals surface area contributed by atoms with Gasteiger partial charge in [0.2, 0.25) is 0 Å². The lowest BCUT2D eigenvalue weighted by Crippen LogP contribution is -2.31. The van der Waals surface area contributed by atoms with Crippen molar-refractivity contribution >= 4 is 32.8 Å². The molecule has 10 rings (SSSR count). The molecule has 5 heteroatoms. The quantitative estimate of drug-likeness (QED) is 0.103. The number of imidazole rings is 1. The third kappa shape index (κ3) is 6.22. The molecule has 5 nitrogen and oxygen atoms in total. The Labute approximate surface area is 357 Å². The zero-order valence-electron chi connectivity index (χ0n) is 44.6. The lowest BCUT2D eigenvalue weighted by Gasteiger charge is -2.17. The van der Waals surface area contributed by atoms with Gasteiger partial charge in [0.1, 0.15) is 17.3 Å². The van der Waals surface area contributed by atoms with E-state index in [1.165, 1.54) is 0 Å². The molecule has 58 heavy (non-hydrogen) atoms. The molecule has 0 aliphatic carbocycles. The average Bonchev–Trinajstić information content (AvgIpc) is 3.92. The van der Waals surface area contributed by atoms with Crippen LogP contribution in [0.3, 0.4) is 0 Å². The number of aromatic nitrogens is 4. The number of hydrogen-bond acceptors (Lipinski definition) is 2. The Hall–Kier alpha value is -7.24. The summed E-state index contributed by atoms with van der Waals surface area (Å²) in [6, 6.07) is 27.3. The molecule has 3 heterocycles. The number of para-hydroxylation sites is 4. The van der Waals surface area contributed by atoms with Crippen LogP contribution in [-0.2, 0) is 0 Å². The van der Waals surface area contributed by atoms with Gasteiger partial charge in [-0.15, -0.1) is 0 Å². The number of rotatable bonds is 10. The summed E-state index contributed by atoms with van der Waals surface area (Å²) in [5, 5.41) is 1.78. The van der Waals surface area contributed by atoms with Crippen LogP contribution in [0.2, 0.25) is 0 Å². The summed E-state index contributed by atoms with van der Waals surface area (Å²) >= 11 is 0. The van der Waals surface area contributed by atoms with Crippen molar-refractivity contribution in [2.24, 2.45) is 0 Å². The van der Waals surface area contributed by atoms with Gasteiger partial charge in [0.15, 0.2) is 0 Å². The summed E-state index contributed by atoms with van der Waals surface area (Å²) in [4.78, 5) is 4.54. The van der Waals surface area contributed by atoms with Crippen molar-refractivity contribution in [3.8, 4) is 50.9 Å². The predicted octanol–water partition coefficient (Wildman–Crippen LogP) is 13.2. The number of hydrogen-bond donors (Lipinski definition) is 0. The largest absolute Gasteiger partial charge is 0.458 e. The monoisotopic (exact) mass is 763 g/mol. The molecular formula is C53H42N4O. The van der Waals surface area contributed by atoms with Gasteiger partial charge in [0, 0.05) is 23.0 Å². The number of pyridine rings is 1. The van der Waals surface area contributed by atoms with Gasteiger partial charge in [-0.05, 0) is 95.1 Å². The van der Waals surface area contributed by atoms with E-state index in [0.717, 1.165) is 16.3 Å². The van der Waals surface area contributed by atoms with Gasteiger partial charge in [-0.2, -0.15) is 0 Å². The van der Waals surface area contributed by atoms with E-state index in [0.29, 0.717) is 52.1 Å². The Morgan fingerprint density at radius 2 is 1.31 bits per heavy atom. The molecule has 10 aromatic rings. The lowest BCUT2D eigenvalue weighted by atomic mass is 9.95. The molecule has 3 aromatic heterocycles. The highest BCUT2D eigenvalue weighted by molar-refractivity contribution is 6.09. The fourth-order valence-corrected chi connectivity index (χ4v) is 7.77. The zero-order chi connectivity index (χ0) is 50.3. The third-order valence-electron chi connectivity index (χ3n) is 10.5. The Morgan fingerprint density at radius 3 is 2.05 bits per heavy atom. The molecule has 0 aliphatic rings. The maximum Gasteiger partial charge on any atom is 0.269 e. The number of nitrogens with zero attached hydrogens (tertiary/aromatic N) is 4. The van der Waals surface area contributed by atoms with Crippen molar-refractivity contribution in [3.63, 3.8) is 0 Å². The second-order valence-electron chi connectivity index (χ2n) is 13.8. The highest BCUT2D eigenvalue weighted by Gasteiger charge is 2.20. The van der Waals surface area contributed by atoms with Gasteiger partial charge >= 0.3 is 0 Å². The van der Waals surface area contributed by atoms with Crippen LogP contribution in [0.5, 0.6) is 11.5 Å². The van der Waals surface area contributed by atoms with E-state index >= 15 is 0 Å². The Balaban J connectivity index is 1.15. The maximum absolute atomic E-state index is 9.40. The predicted molar refractivity (Wildman–Crippen MR) is 236 cm³/mol. The first-order valence-electron chi connectivity index (χ1n) is 25.6. The minimum absolute atomic E-state index is 0.0388. The lowest BCUT2D eigenvalue weighted by molar-refractivity contribution is -0.571. The van der Waals surface area contributed by atoms with Crippen molar-refractivity contribution in [2.45, 2.75) is 32.6 Å². The van der Waals surface area contributed by atoms with Crippen LogP contribution in [0, 0.1) is 6.33 Å².